The van der Waals surface area contributed by atoms with Gasteiger partial charge in [0.1, 0.15) is 17.3 Å². The summed E-state index contributed by atoms with van der Waals surface area (Å²) in [7, 11) is 0. The second-order valence-electron chi connectivity index (χ2n) is 10.9. The maximum Gasteiger partial charge on any atom is 0.315 e. The van der Waals surface area contributed by atoms with Crippen molar-refractivity contribution in [3.8, 4) is 0 Å². The number of hydrogen-bond acceptors (Lipinski definition) is 4. The highest BCUT2D eigenvalue weighted by atomic mass is 16.5. The predicted octanol–water partition coefficient (Wildman–Crippen LogP) is 4.98. The molecule has 4 heteroatoms. The van der Waals surface area contributed by atoms with E-state index in [0.29, 0.717) is 29.6 Å². The van der Waals surface area contributed by atoms with Gasteiger partial charge in [0.25, 0.3) is 0 Å². The van der Waals surface area contributed by atoms with Gasteiger partial charge in [0.05, 0.1) is 12.3 Å². The molecule has 1 heterocycles. The van der Waals surface area contributed by atoms with Crippen LogP contribution in [0, 0.1) is 59.2 Å². The Morgan fingerprint density at radius 1 is 1.03 bits per heavy atom. The van der Waals surface area contributed by atoms with Gasteiger partial charge in [-0.3, -0.25) is 14.4 Å². The van der Waals surface area contributed by atoms with Crippen molar-refractivity contribution in [3.63, 3.8) is 0 Å². The van der Waals surface area contributed by atoms with E-state index in [0.717, 1.165) is 30.4 Å². The number of ketones is 2. The highest BCUT2D eigenvalue weighted by molar-refractivity contribution is 6.09. The van der Waals surface area contributed by atoms with Gasteiger partial charge in [-0.05, 0) is 61.2 Å². The first kappa shape index (κ1) is 21.5. The zero-order valence-electron chi connectivity index (χ0n) is 18.8. The number of fused-ring (bicyclic) bond motifs is 6. The van der Waals surface area contributed by atoms with E-state index < -0.39 is 0 Å². The van der Waals surface area contributed by atoms with Crippen molar-refractivity contribution in [1.29, 1.82) is 0 Å². The predicted molar refractivity (Wildman–Crippen MR) is 115 cm³/mol. The molecule has 4 aliphatic carbocycles. The second kappa shape index (κ2) is 8.09. The molecule has 5 aliphatic rings. The SMILES string of the molecule is C=C1OC(=O)C2C3CC(C(C)C)C(C3)C12.CC(C)CC1C=CCC2C(=O)CC(=O)C12. The van der Waals surface area contributed by atoms with Crippen molar-refractivity contribution in [2.75, 3.05) is 0 Å². The van der Waals surface area contributed by atoms with Crippen LogP contribution in [-0.4, -0.2) is 17.5 Å². The lowest BCUT2D eigenvalue weighted by molar-refractivity contribution is -0.140. The van der Waals surface area contributed by atoms with Crippen molar-refractivity contribution >= 4 is 17.5 Å². The molecule has 164 valence electrons. The lowest BCUT2D eigenvalue weighted by atomic mass is 9.71. The van der Waals surface area contributed by atoms with E-state index in [1.807, 2.05) is 0 Å². The third kappa shape index (κ3) is 3.61. The number of carbonyl (C=O) groups excluding carboxylic acids is 3. The molecule has 0 amide bonds. The van der Waals surface area contributed by atoms with Crippen molar-refractivity contribution in [2.24, 2.45) is 59.2 Å². The van der Waals surface area contributed by atoms with Crippen LogP contribution in [0.2, 0.25) is 0 Å². The van der Waals surface area contributed by atoms with Gasteiger partial charge in [-0.2, -0.15) is 0 Å². The van der Waals surface area contributed by atoms with Crippen LogP contribution in [0.15, 0.2) is 24.5 Å². The summed E-state index contributed by atoms with van der Waals surface area (Å²) in [6, 6.07) is 0. The molecule has 1 aliphatic heterocycles. The van der Waals surface area contributed by atoms with Crippen molar-refractivity contribution in [1.82, 2.24) is 0 Å². The molecular formula is C26H36O4. The van der Waals surface area contributed by atoms with Crippen LogP contribution in [0.1, 0.15) is 59.8 Å². The van der Waals surface area contributed by atoms with E-state index in [1.165, 1.54) is 12.8 Å². The Morgan fingerprint density at radius 3 is 2.43 bits per heavy atom. The molecule has 0 aromatic carbocycles. The lowest BCUT2D eigenvalue weighted by Gasteiger charge is -2.31. The van der Waals surface area contributed by atoms with Crippen LogP contribution < -0.4 is 0 Å². The topological polar surface area (TPSA) is 60.4 Å². The molecule has 4 nitrogen and oxygen atoms in total. The zero-order chi connectivity index (χ0) is 21.7. The van der Waals surface area contributed by atoms with E-state index in [9.17, 15) is 14.4 Å². The van der Waals surface area contributed by atoms with Crippen LogP contribution >= 0.6 is 0 Å². The summed E-state index contributed by atoms with van der Waals surface area (Å²) in [5.74, 6) is 5.28. The standard InChI is InChI=1S/2C13H18O2/c1-6(2)9-4-8-5-10(9)11-7(3)15-13(14)12(8)11;1-8(2)6-9-4-3-5-10-11(14)7-12(15)13(9)10/h6,8-12H,3-5H2,1-2H3;3-4,8-10,13H,5-7H2,1-2H3. The fraction of sp³-hybridized carbons (Fsp3) is 0.731. The Bertz CT molecular complexity index is 776. The molecule has 3 saturated carbocycles. The van der Waals surface area contributed by atoms with Crippen LogP contribution in [-0.2, 0) is 19.1 Å². The molecule has 4 fully saturated rings. The zero-order valence-corrected chi connectivity index (χ0v) is 18.8. The first-order chi connectivity index (χ1) is 14.2. The number of allylic oxidation sites excluding steroid dienone is 3. The average Bonchev–Trinajstić information content (AvgIpc) is 3.39. The quantitative estimate of drug-likeness (QED) is 0.372. The Morgan fingerprint density at radius 2 is 1.77 bits per heavy atom. The van der Waals surface area contributed by atoms with Gasteiger partial charge >= 0.3 is 5.97 Å². The number of hydrogen-bond donors (Lipinski definition) is 0. The van der Waals surface area contributed by atoms with Crippen molar-refractivity contribution in [3.05, 3.63) is 24.5 Å². The number of cyclic esters (lactones) is 1. The fourth-order valence-electron chi connectivity index (χ4n) is 7.17. The summed E-state index contributed by atoms with van der Waals surface area (Å²) in [6.45, 7) is 12.8. The van der Waals surface area contributed by atoms with E-state index in [2.05, 4.69) is 46.4 Å². The van der Waals surface area contributed by atoms with Crippen LogP contribution in [0.3, 0.4) is 0 Å². The third-order valence-electron chi connectivity index (χ3n) is 8.33. The highest BCUT2D eigenvalue weighted by Gasteiger charge is 2.60. The van der Waals surface area contributed by atoms with Gasteiger partial charge in [0, 0.05) is 17.8 Å². The van der Waals surface area contributed by atoms with Gasteiger partial charge in [-0.15, -0.1) is 0 Å². The lowest BCUT2D eigenvalue weighted by Crippen LogP contribution is -2.30. The average molecular weight is 413 g/mol. The van der Waals surface area contributed by atoms with Gasteiger partial charge in [-0.1, -0.05) is 46.4 Å². The monoisotopic (exact) mass is 412 g/mol. The number of esters is 1. The van der Waals surface area contributed by atoms with E-state index in [1.54, 1.807) is 0 Å². The van der Waals surface area contributed by atoms with Crippen LogP contribution in [0.4, 0.5) is 0 Å². The number of Topliss-reactive ketones (excluding diaryl/α,β-unsaturated/α-hetero) is 2. The first-order valence-electron chi connectivity index (χ1n) is 11.8. The second-order valence-corrected chi connectivity index (χ2v) is 10.9. The van der Waals surface area contributed by atoms with Gasteiger partial charge < -0.3 is 4.74 Å². The molecule has 0 spiro atoms. The molecule has 30 heavy (non-hydrogen) atoms. The Hall–Kier alpha value is -1.71. The molecule has 8 unspecified atom stereocenters. The minimum absolute atomic E-state index is 0.000272. The minimum atomic E-state index is -0.000272. The van der Waals surface area contributed by atoms with Crippen LogP contribution in [0.25, 0.3) is 0 Å². The number of carbonyl (C=O) groups is 3. The Balaban J connectivity index is 0.000000145. The molecule has 2 bridgehead atoms. The van der Waals surface area contributed by atoms with Gasteiger partial charge in [-0.25, -0.2) is 0 Å². The summed E-state index contributed by atoms with van der Waals surface area (Å²) < 4.78 is 5.20. The third-order valence-corrected chi connectivity index (χ3v) is 8.33. The fourth-order valence-corrected chi connectivity index (χ4v) is 7.17. The Labute approximate surface area is 180 Å². The molecule has 0 radical (unpaired) electrons. The molecule has 0 N–H and O–H groups in total. The molecule has 1 saturated heterocycles. The summed E-state index contributed by atoms with van der Waals surface area (Å²) in [5, 5.41) is 0. The van der Waals surface area contributed by atoms with E-state index in [4.69, 9.17) is 4.74 Å². The molecular weight excluding hydrogens is 376 g/mol. The van der Waals surface area contributed by atoms with Crippen molar-refractivity contribution < 1.29 is 19.1 Å². The normalized spacial score (nSPS) is 41.3. The largest absolute Gasteiger partial charge is 0.431 e. The molecule has 0 aromatic heterocycles. The van der Waals surface area contributed by atoms with Crippen LogP contribution in [0.5, 0.6) is 0 Å². The summed E-state index contributed by atoms with van der Waals surface area (Å²) >= 11 is 0. The summed E-state index contributed by atoms with van der Waals surface area (Å²) in [5.41, 5.74) is 0. The maximum atomic E-state index is 11.8. The summed E-state index contributed by atoms with van der Waals surface area (Å²) in [4.78, 5) is 35.0. The molecule has 8 atom stereocenters. The summed E-state index contributed by atoms with van der Waals surface area (Å²) in [6.07, 6.45) is 8.69. The maximum absolute atomic E-state index is 11.8. The highest BCUT2D eigenvalue weighted by Crippen LogP contribution is 2.61. The van der Waals surface area contributed by atoms with E-state index in [-0.39, 0.29) is 41.7 Å². The van der Waals surface area contributed by atoms with Crippen molar-refractivity contribution in [2.45, 2.75) is 59.8 Å². The molecule has 5 rings (SSSR count). The minimum Gasteiger partial charge on any atom is -0.431 e. The van der Waals surface area contributed by atoms with Gasteiger partial charge in [0.15, 0.2) is 0 Å². The molecule has 0 aromatic rings. The Kier molecular flexibility index (Phi) is 5.80. The van der Waals surface area contributed by atoms with Gasteiger partial charge in [0.2, 0.25) is 0 Å². The number of rotatable bonds is 3. The smallest absolute Gasteiger partial charge is 0.315 e. The number of ether oxygens (including phenoxy) is 1. The van der Waals surface area contributed by atoms with E-state index >= 15 is 0 Å². The first-order valence-corrected chi connectivity index (χ1v) is 11.8.